The van der Waals surface area contributed by atoms with Gasteiger partial charge in [0.25, 0.3) is 0 Å². The maximum absolute atomic E-state index is 12.8. The van der Waals surface area contributed by atoms with E-state index in [4.69, 9.17) is 23.2 Å². The van der Waals surface area contributed by atoms with Crippen LogP contribution in [0.1, 0.15) is 44.6 Å². The molecule has 1 aromatic carbocycles. The Bertz CT molecular complexity index is 687. The molecule has 0 spiro atoms. The molecule has 2 aliphatic heterocycles. The molecule has 1 atom stereocenters. The minimum Gasteiger partial charge on any atom is -0.343 e. The summed E-state index contributed by atoms with van der Waals surface area (Å²) < 4.78 is 0. The lowest BCUT2D eigenvalue weighted by Gasteiger charge is -2.37. The molecule has 1 unspecified atom stereocenters. The zero-order valence-electron chi connectivity index (χ0n) is 15.9. The maximum atomic E-state index is 12.8. The van der Waals surface area contributed by atoms with Crippen LogP contribution in [-0.2, 0) is 16.0 Å². The van der Waals surface area contributed by atoms with E-state index in [-0.39, 0.29) is 11.8 Å². The largest absolute Gasteiger partial charge is 0.343 e. The van der Waals surface area contributed by atoms with Gasteiger partial charge < -0.3 is 9.80 Å². The second-order valence-corrected chi connectivity index (χ2v) is 8.68. The van der Waals surface area contributed by atoms with Crippen molar-refractivity contribution in [2.45, 2.75) is 45.4 Å². The fourth-order valence-corrected chi connectivity index (χ4v) is 4.58. The molecule has 27 heavy (non-hydrogen) atoms. The van der Waals surface area contributed by atoms with E-state index < -0.39 is 0 Å². The highest BCUT2D eigenvalue weighted by atomic mass is 35.5. The van der Waals surface area contributed by atoms with Gasteiger partial charge in [0.05, 0.1) is 10.0 Å². The molecular formula is C21H28Cl2N2O2. The predicted octanol–water partition coefficient (Wildman–Crippen LogP) is 4.42. The molecule has 2 amide bonds. The minimum atomic E-state index is 0.0710. The Morgan fingerprint density at radius 1 is 1.07 bits per heavy atom. The average molecular weight is 411 g/mol. The Hall–Kier alpha value is -1.26. The molecule has 3 rings (SSSR count). The van der Waals surface area contributed by atoms with Crippen LogP contribution in [0, 0.1) is 11.8 Å². The Morgan fingerprint density at radius 3 is 2.52 bits per heavy atom. The first-order valence-electron chi connectivity index (χ1n) is 9.95. The fourth-order valence-electron chi connectivity index (χ4n) is 4.16. The van der Waals surface area contributed by atoms with Gasteiger partial charge in [-0.2, -0.15) is 0 Å². The first-order chi connectivity index (χ1) is 13.0. The van der Waals surface area contributed by atoms with Gasteiger partial charge in [0.15, 0.2) is 0 Å². The lowest BCUT2D eigenvalue weighted by atomic mass is 9.92. The number of carbonyl (C=O) groups excluding carboxylic acids is 2. The summed E-state index contributed by atoms with van der Waals surface area (Å²) in [4.78, 5) is 29.2. The maximum Gasteiger partial charge on any atom is 0.225 e. The third-order valence-electron chi connectivity index (χ3n) is 5.81. The molecule has 0 saturated carbocycles. The predicted molar refractivity (Wildman–Crippen MR) is 109 cm³/mol. The average Bonchev–Trinajstić information content (AvgIpc) is 2.68. The van der Waals surface area contributed by atoms with Crippen molar-refractivity contribution in [3.8, 4) is 0 Å². The number of amides is 2. The number of nitrogens with zero attached hydrogens (tertiary/aromatic N) is 2. The summed E-state index contributed by atoms with van der Waals surface area (Å²) in [5.41, 5.74) is 0.904. The number of halogens is 2. The quantitative estimate of drug-likeness (QED) is 0.736. The first kappa shape index (κ1) is 20.5. The number of benzene rings is 1. The van der Waals surface area contributed by atoms with Crippen molar-refractivity contribution in [1.82, 2.24) is 9.80 Å². The second-order valence-electron chi connectivity index (χ2n) is 7.90. The highest BCUT2D eigenvalue weighted by Crippen LogP contribution is 2.27. The highest BCUT2D eigenvalue weighted by molar-refractivity contribution is 6.42. The van der Waals surface area contributed by atoms with Crippen molar-refractivity contribution in [2.24, 2.45) is 11.8 Å². The molecule has 2 heterocycles. The lowest BCUT2D eigenvalue weighted by molar-refractivity contribution is -0.142. The SMILES string of the molecule is CC1CCCN(C(=O)C2CCN(C(=O)CCc3cccc(Cl)c3Cl)CC2)C1. The molecule has 1 aromatic rings. The van der Waals surface area contributed by atoms with Gasteiger partial charge in [0, 0.05) is 38.5 Å². The van der Waals surface area contributed by atoms with Gasteiger partial charge in [0.2, 0.25) is 11.8 Å². The van der Waals surface area contributed by atoms with E-state index in [1.807, 2.05) is 21.9 Å². The molecule has 0 bridgehead atoms. The summed E-state index contributed by atoms with van der Waals surface area (Å²) in [5, 5.41) is 1.06. The molecule has 2 saturated heterocycles. The van der Waals surface area contributed by atoms with Crippen LogP contribution in [0.2, 0.25) is 10.0 Å². The number of rotatable bonds is 4. The van der Waals surface area contributed by atoms with Crippen molar-refractivity contribution < 1.29 is 9.59 Å². The lowest BCUT2D eigenvalue weighted by Crippen LogP contribution is -2.47. The van der Waals surface area contributed by atoms with Crippen LogP contribution >= 0.6 is 23.2 Å². The molecule has 0 aliphatic carbocycles. The van der Waals surface area contributed by atoms with Crippen molar-refractivity contribution >= 4 is 35.0 Å². The number of likely N-dealkylation sites (tertiary alicyclic amines) is 2. The van der Waals surface area contributed by atoms with E-state index in [2.05, 4.69) is 6.92 Å². The van der Waals surface area contributed by atoms with Crippen molar-refractivity contribution in [1.29, 1.82) is 0 Å². The molecular weight excluding hydrogens is 383 g/mol. The van der Waals surface area contributed by atoms with Crippen LogP contribution in [0.25, 0.3) is 0 Å². The van der Waals surface area contributed by atoms with E-state index in [9.17, 15) is 9.59 Å². The smallest absolute Gasteiger partial charge is 0.225 e. The molecule has 0 aromatic heterocycles. The fraction of sp³-hybridized carbons (Fsp3) is 0.619. The third-order valence-corrected chi connectivity index (χ3v) is 6.66. The van der Waals surface area contributed by atoms with Gasteiger partial charge in [-0.05, 0) is 49.7 Å². The topological polar surface area (TPSA) is 40.6 Å². The van der Waals surface area contributed by atoms with Crippen molar-refractivity contribution in [3.63, 3.8) is 0 Å². The number of carbonyl (C=O) groups is 2. The molecule has 2 aliphatic rings. The van der Waals surface area contributed by atoms with Gasteiger partial charge >= 0.3 is 0 Å². The molecule has 4 nitrogen and oxygen atoms in total. The summed E-state index contributed by atoms with van der Waals surface area (Å²) in [7, 11) is 0. The Kier molecular flexibility index (Phi) is 7.04. The first-order valence-corrected chi connectivity index (χ1v) is 10.7. The molecule has 0 radical (unpaired) electrons. The highest BCUT2D eigenvalue weighted by Gasteiger charge is 2.31. The van der Waals surface area contributed by atoms with Gasteiger partial charge in [-0.15, -0.1) is 0 Å². The standard InChI is InChI=1S/C21H28Cl2N2O2/c1-15-4-3-11-25(14-15)21(27)17-9-12-24(13-10-17)19(26)8-7-16-5-2-6-18(22)20(16)23/h2,5-6,15,17H,3-4,7-14H2,1H3. The van der Waals surface area contributed by atoms with Crippen LogP contribution in [0.5, 0.6) is 0 Å². The summed E-state index contributed by atoms with van der Waals surface area (Å²) >= 11 is 12.2. The summed E-state index contributed by atoms with van der Waals surface area (Å²) in [6, 6.07) is 5.51. The van der Waals surface area contributed by atoms with Gasteiger partial charge in [-0.25, -0.2) is 0 Å². The molecule has 0 N–H and O–H groups in total. The number of hydrogen-bond donors (Lipinski definition) is 0. The van der Waals surface area contributed by atoms with Gasteiger partial charge in [0.1, 0.15) is 0 Å². The Morgan fingerprint density at radius 2 is 1.81 bits per heavy atom. The normalized spacial score (nSPS) is 21.4. The van der Waals surface area contributed by atoms with Crippen molar-refractivity contribution in [2.75, 3.05) is 26.2 Å². The van der Waals surface area contributed by atoms with Crippen LogP contribution in [-0.4, -0.2) is 47.8 Å². The van der Waals surface area contributed by atoms with Crippen molar-refractivity contribution in [3.05, 3.63) is 33.8 Å². The van der Waals surface area contributed by atoms with Crippen LogP contribution in [0.3, 0.4) is 0 Å². The number of piperidine rings is 2. The number of hydrogen-bond acceptors (Lipinski definition) is 2. The van der Waals surface area contributed by atoms with Crippen LogP contribution in [0.15, 0.2) is 18.2 Å². The monoisotopic (exact) mass is 410 g/mol. The molecule has 6 heteroatoms. The minimum absolute atomic E-state index is 0.0710. The van der Waals surface area contributed by atoms with E-state index in [0.29, 0.717) is 47.8 Å². The van der Waals surface area contributed by atoms with E-state index in [0.717, 1.165) is 37.9 Å². The van der Waals surface area contributed by atoms with E-state index in [1.165, 1.54) is 6.42 Å². The second kappa shape index (κ2) is 9.29. The molecule has 2 fully saturated rings. The summed E-state index contributed by atoms with van der Waals surface area (Å²) in [6.45, 7) is 5.33. The van der Waals surface area contributed by atoms with Gasteiger partial charge in [-0.3, -0.25) is 9.59 Å². The Labute approximate surface area is 171 Å². The van der Waals surface area contributed by atoms with E-state index >= 15 is 0 Å². The van der Waals surface area contributed by atoms with Gasteiger partial charge in [-0.1, -0.05) is 42.3 Å². The molecule has 148 valence electrons. The zero-order chi connectivity index (χ0) is 19.4. The van der Waals surface area contributed by atoms with Crippen LogP contribution < -0.4 is 0 Å². The Balaban J connectivity index is 1.46. The number of aryl methyl sites for hydroxylation is 1. The summed E-state index contributed by atoms with van der Waals surface area (Å²) in [5.74, 6) is 1.09. The van der Waals surface area contributed by atoms with Crippen LogP contribution in [0.4, 0.5) is 0 Å². The van der Waals surface area contributed by atoms with E-state index in [1.54, 1.807) is 6.07 Å². The third kappa shape index (κ3) is 5.17. The summed E-state index contributed by atoms with van der Waals surface area (Å²) in [6.07, 6.45) is 4.87. The zero-order valence-corrected chi connectivity index (χ0v) is 17.4.